The summed E-state index contributed by atoms with van der Waals surface area (Å²) in [5.41, 5.74) is 5.73. The highest BCUT2D eigenvalue weighted by atomic mass is 19.3. The minimum Gasteiger partial charge on any atom is -0.467 e. The molecule has 1 aromatic heterocycles. The van der Waals surface area contributed by atoms with E-state index in [1.807, 2.05) is 0 Å². The van der Waals surface area contributed by atoms with Crippen molar-refractivity contribution < 1.29 is 26.8 Å². The maximum atomic E-state index is 13.0. The standard InChI is InChI=1S/C13H17F4N3O2/c14-12(15)13(16,17)8-19-1-3-20(4-2-19)11(21)9-5-10(6-18)22-7-9/h5,7,12H,1-4,6,8,18H2. The zero-order valence-corrected chi connectivity index (χ0v) is 11.8. The number of amides is 1. The summed E-state index contributed by atoms with van der Waals surface area (Å²) in [6.07, 6.45) is -2.39. The number of carbonyl (C=O) groups excluding carboxylic acids is 1. The maximum absolute atomic E-state index is 13.0. The van der Waals surface area contributed by atoms with E-state index < -0.39 is 18.9 Å². The van der Waals surface area contributed by atoms with Gasteiger partial charge < -0.3 is 15.1 Å². The van der Waals surface area contributed by atoms with Crippen LogP contribution in [0, 0.1) is 0 Å². The summed E-state index contributed by atoms with van der Waals surface area (Å²) in [5.74, 6) is -3.85. The number of hydrogen-bond acceptors (Lipinski definition) is 4. The molecule has 1 amide bonds. The third-order valence-electron chi connectivity index (χ3n) is 3.52. The molecule has 1 aromatic rings. The van der Waals surface area contributed by atoms with Gasteiger partial charge in [0.1, 0.15) is 12.0 Å². The molecular weight excluding hydrogens is 306 g/mol. The monoisotopic (exact) mass is 323 g/mol. The second kappa shape index (κ2) is 6.66. The fraction of sp³-hybridized carbons (Fsp3) is 0.615. The molecule has 1 aliphatic heterocycles. The summed E-state index contributed by atoms with van der Waals surface area (Å²) in [7, 11) is 0. The Balaban J connectivity index is 1.88. The first kappa shape index (κ1) is 16.8. The molecule has 0 aromatic carbocycles. The number of furan rings is 1. The summed E-state index contributed by atoms with van der Waals surface area (Å²) < 4.78 is 55.4. The molecule has 1 aliphatic rings. The van der Waals surface area contributed by atoms with Crippen LogP contribution in [0.5, 0.6) is 0 Å². The summed E-state index contributed by atoms with van der Waals surface area (Å²) in [4.78, 5) is 14.9. The molecule has 22 heavy (non-hydrogen) atoms. The molecule has 0 bridgehead atoms. The van der Waals surface area contributed by atoms with Gasteiger partial charge in [0.15, 0.2) is 0 Å². The smallest absolute Gasteiger partial charge is 0.319 e. The average molecular weight is 323 g/mol. The topological polar surface area (TPSA) is 62.7 Å². The van der Waals surface area contributed by atoms with Crippen LogP contribution < -0.4 is 5.73 Å². The quantitative estimate of drug-likeness (QED) is 0.832. The second-order valence-electron chi connectivity index (χ2n) is 5.14. The highest BCUT2D eigenvalue weighted by Crippen LogP contribution is 2.24. The lowest BCUT2D eigenvalue weighted by molar-refractivity contribution is -0.144. The highest BCUT2D eigenvalue weighted by molar-refractivity contribution is 5.94. The first-order valence-corrected chi connectivity index (χ1v) is 6.78. The third kappa shape index (κ3) is 3.77. The molecule has 0 spiro atoms. The Morgan fingerprint density at radius 1 is 1.32 bits per heavy atom. The molecule has 0 saturated carbocycles. The lowest BCUT2D eigenvalue weighted by atomic mass is 10.2. The number of alkyl halides is 4. The SMILES string of the molecule is NCc1cc(C(=O)N2CCN(CC(F)(F)C(F)F)CC2)co1. The fourth-order valence-corrected chi connectivity index (χ4v) is 2.26. The second-order valence-corrected chi connectivity index (χ2v) is 5.14. The van der Waals surface area contributed by atoms with E-state index in [-0.39, 0.29) is 38.6 Å². The largest absolute Gasteiger partial charge is 0.467 e. The van der Waals surface area contributed by atoms with Crippen molar-refractivity contribution in [2.45, 2.75) is 18.9 Å². The normalized spacial score (nSPS) is 17.3. The first-order chi connectivity index (χ1) is 10.3. The molecule has 0 unspecified atom stereocenters. The van der Waals surface area contributed by atoms with Gasteiger partial charge in [-0.2, -0.15) is 8.78 Å². The number of nitrogens with two attached hydrogens (primary N) is 1. The van der Waals surface area contributed by atoms with Crippen molar-refractivity contribution in [2.24, 2.45) is 5.73 Å². The van der Waals surface area contributed by atoms with Gasteiger partial charge >= 0.3 is 12.3 Å². The number of rotatable bonds is 5. The van der Waals surface area contributed by atoms with Gasteiger partial charge in [-0.1, -0.05) is 0 Å². The van der Waals surface area contributed by atoms with Crippen molar-refractivity contribution in [1.82, 2.24) is 9.80 Å². The molecule has 0 atom stereocenters. The summed E-state index contributed by atoms with van der Waals surface area (Å²) >= 11 is 0. The number of hydrogen-bond donors (Lipinski definition) is 1. The van der Waals surface area contributed by atoms with Crippen LogP contribution in [0.15, 0.2) is 16.7 Å². The Kier molecular flexibility index (Phi) is 5.07. The van der Waals surface area contributed by atoms with Crippen LogP contribution in [0.4, 0.5) is 17.6 Å². The van der Waals surface area contributed by atoms with Gasteiger partial charge in [-0.25, -0.2) is 8.78 Å². The number of nitrogens with zero attached hydrogens (tertiary/aromatic N) is 2. The molecular formula is C13H17F4N3O2. The zero-order chi connectivity index (χ0) is 16.3. The molecule has 0 aliphatic carbocycles. The third-order valence-corrected chi connectivity index (χ3v) is 3.52. The molecule has 2 rings (SSSR count). The van der Waals surface area contributed by atoms with Crippen LogP contribution in [0.2, 0.25) is 0 Å². The van der Waals surface area contributed by atoms with Gasteiger partial charge in [0.05, 0.1) is 18.7 Å². The molecule has 2 heterocycles. The molecule has 1 saturated heterocycles. The van der Waals surface area contributed by atoms with E-state index in [0.717, 1.165) is 0 Å². The van der Waals surface area contributed by atoms with E-state index in [2.05, 4.69) is 0 Å². The van der Waals surface area contributed by atoms with Gasteiger partial charge in [-0.3, -0.25) is 9.69 Å². The summed E-state index contributed by atoms with van der Waals surface area (Å²) in [6, 6.07) is 1.53. The number of carbonyl (C=O) groups is 1. The summed E-state index contributed by atoms with van der Waals surface area (Å²) in [6.45, 7) is -0.201. The van der Waals surface area contributed by atoms with Crippen LogP contribution in [-0.4, -0.2) is 60.8 Å². The minimum absolute atomic E-state index is 0.121. The molecule has 124 valence electrons. The molecule has 1 fully saturated rings. The van der Waals surface area contributed by atoms with E-state index in [9.17, 15) is 22.4 Å². The van der Waals surface area contributed by atoms with Crippen LogP contribution in [0.3, 0.4) is 0 Å². The van der Waals surface area contributed by atoms with Crippen molar-refractivity contribution in [2.75, 3.05) is 32.7 Å². The maximum Gasteiger partial charge on any atom is 0.319 e. The van der Waals surface area contributed by atoms with E-state index in [0.29, 0.717) is 11.3 Å². The highest BCUT2D eigenvalue weighted by Gasteiger charge is 2.42. The van der Waals surface area contributed by atoms with Gasteiger partial charge in [-0.15, -0.1) is 0 Å². The predicted molar refractivity (Wildman–Crippen MR) is 69.9 cm³/mol. The van der Waals surface area contributed by atoms with Crippen molar-refractivity contribution in [3.63, 3.8) is 0 Å². The van der Waals surface area contributed by atoms with Crippen LogP contribution in [0.25, 0.3) is 0 Å². The first-order valence-electron chi connectivity index (χ1n) is 6.78. The predicted octanol–water partition coefficient (Wildman–Crippen LogP) is 1.40. The van der Waals surface area contributed by atoms with Crippen LogP contribution >= 0.6 is 0 Å². The minimum atomic E-state index is -4.03. The Labute approximate surface area is 124 Å². The number of halogens is 4. The van der Waals surface area contributed by atoms with E-state index in [4.69, 9.17) is 10.2 Å². The van der Waals surface area contributed by atoms with Gasteiger partial charge in [-0.05, 0) is 6.07 Å². The van der Waals surface area contributed by atoms with E-state index in [1.165, 1.54) is 22.1 Å². The van der Waals surface area contributed by atoms with Crippen molar-refractivity contribution in [3.05, 3.63) is 23.7 Å². The van der Waals surface area contributed by atoms with E-state index >= 15 is 0 Å². The van der Waals surface area contributed by atoms with Gasteiger partial charge in [0.2, 0.25) is 0 Å². The van der Waals surface area contributed by atoms with E-state index in [1.54, 1.807) is 0 Å². The van der Waals surface area contributed by atoms with Crippen molar-refractivity contribution in [1.29, 1.82) is 0 Å². The van der Waals surface area contributed by atoms with Gasteiger partial charge in [0, 0.05) is 26.2 Å². The summed E-state index contributed by atoms with van der Waals surface area (Å²) in [5, 5.41) is 0. The van der Waals surface area contributed by atoms with Crippen LogP contribution in [-0.2, 0) is 6.54 Å². The van der Waals surface area contributed by atoms with Crippen molar-refractivity contribution >= 4 is 5.91 Å². The Morgan fingerprint density at radius 2 is 1.95 bits per heavy atom. The Bertz CT molecular complexity index is 513. The molecule has 2 N–H and O–H groups in total. The lowest BCUT2D eigenvalue weighted by Crippen LogP contribution is -2.52. The average Bonchev–Trinajstić information content (AvgIpc) is 2.95. The lowest BCUT2D eigenvalue weighted by Gasteiger charge is -2.36. The Hall–Kier alpha value is -1.61. The molecule has 0 radical (unpaired) electrons. The number of piperazine rings is 1. The van der Waals surface area contributed by atoms with Crippen molar-refractivity contribution in [3.8, 4) is 0 Å². The molecule has 5 nitrogen and oxygen atoms in total. The zero-order valence-electron chi connectivity index (χ0n) is 11.8. The van der Waals surface area contributed by atoms with Gasteiger partial charge in [0.25, 0.3) is 5.91 Å². The fourth-order valence-electron chi connectivity index (χ4n) is 2.26. The molecule has 9 heteroatoms. The van der Waals surface area contributed by atoms with Crippen LogP contribution in [0.1, 0.15) is 16.1 Å². The Morgan fingerprint density at radius 3 is 2.45 bits per heavy atom.